The number of ether oxygens (including phenoxy) is 1. The van der Waals surface area contributed by atoms with Crippen LogP contribution in [0.1, 0.15) is 19.4 Å². The van der Waals surface area contributed by atoms with E-state index in [4.69, 9.17) is 27.9 Å². The van der Waals surface area contributed by atoms with Gasteiger partial charge in [-0.1, -0.05) is 37.0 Å². The van der Waals surface area contributed by atoms with E-state index >= 15 is 0 Å². The normalized spacial score (nSPS) is 11.1. The van der Waals surface area contributed by atoms with Gasteiger partial charge in [0.1, 0.15) is 0 Å². The first kappa shape index (κ1) is 19.0. The van der Waals surface area contributed by atoms with Crippen LogP contribution in [0.4, 0.5) is 11.4 Å². The number of non-ortho nitro benzene ring substituents is 1. The summed E-state index contributed by atoms with van der Waals surface area (Å²) in [5, 5.41) is 15.5. The number of halogens is 2. The highest BCUT2D eigenvalue weighted by Gasteiger charge is 2.10. The van der Waals surface area contributed by atoms with E-state index in [2.05, 4.69) is 10.5 Å². The Bertz CT molecular complexity index is 754. The van der Waals surface area contributed by atoms with Gasteiger partial charge in [-0.3, -0.25) is 15.5 Å². The quantitative estimate of drug-likeness (QED) is 0.396. The van der Waals surface area contributed by atoms with E-state index in [0.29, 0.717) is 39.6 Å². The predicted octanol–water partition coefficient (Wildman–Crippen LogP) is 5.38. The summed E-state index contributed by atoms with van der Waals surface area (Å²) in [5.74, 6) is 0.816. The monoisotopic (exact) mass is 381 g/mol. The molecule has 0 radical (unpaired) electrons. The van der Waals surface area contributed by atoms with Gasteiger partial charge in [0, 0.05) is 12.1 Å². The molecule has 132 valence electrons. The molecule has 0 saturated carbocycles. The largest absolute Gasteiger partial charge is 0.490 e. The number of nitrogens with zero attached hydrogens (tertiary/aromatic N) is 2. The maximum Gasteiger partial charge on any atom is 0.269 e. The van der Waals surface area contributed by atoms with Gasteiger partial charge < -0.3 is 4.74 Å². The van der Waals surface area contributed by atoms with Gasteiger partial charge in [0.05, 0.1) is 33.5 Å². The topological polar surface area (TPSA) is 76.8 Å². The van der Waals surface area contributed by atoms with E-state index < -0.39 is 4.92 Å². The highest BCUT2D eigenvalue weighted by molar-refractivity contribution is 6.37. The van der Waals surface area contributed by atoms with Crippen LogP contribution in [0.3, 0.4) is 0 Å². The third-order valence-electron chi connectivity index (χ3n) is 3.07. The molecule has 0 aromatic heterocycles. The van der Waals surface area contributed by atoms with Crippen LogP contribution < -0.4 is 10.2 Å². The van der Waals surface area contributed by atoms with Crippen LogP contribution in [0.2, 0.25) is 10.0 Å². The zero-order valence-electron chi connectivity index (χ0n) is 13.7. The van der Waals surface area contributed by atoms with Gasteiger partial charge in [-0.15, -0.1) is 0 Å². The van der Waals surface area contributed by atoms with Gasteiger partial charge in [0.2, 0.25) is 0 Å². The molecule has 0 fully saturated rings. The summed E-state index contributed by atoms with van der Waals surface area (Å²) in [6.07, 6.45) is 1.55. The summed E-state index contributed by atoms with van der Waals surface area (Å²) >= 11 is 12.4. The van der Waals surface area contributed by atoms with Gasteiger partial charge in [-0.2, -0.15) is 5.10 Å². The van der Waals surface area contributed by atoms with Crippen LogP contribution in [0.25, 0.3) is 0 Å². The Labute approximate surface area is 155 Å². The van der Waals surface area contributed by atoms with Crippen molar-refractivity contribution in [2.24, 2.45) is 11.0 Å². The Morgan fingerprint density at radius 3 is 2.36 bits per heavy atom. The highest BCUT2D eigenvalue weighted by atomic mass is 35.5. The smallest absolute Gasteiger partial charge is 0.269 e. The first-order valence-electron chi connectivity index (χ1n) is 7.52. The van der Waals surface area contributed by atoms with E-state index in [1.165, 1.54) is 12.1 Å². The number of hydrogen-bond acceptors (Lipinski definition) is 5. The number of nitro benzene ring substituents is 1. The van der Waals surface area contributed by atoms with Crippen molar-refractivity contribution in [3.05, 3.63) is 62.1 Å². The fraction of sp³-hybridized carbons (Fsp3) is 0.235. The lowest BCUT2D eigenvalue weighted by Gasteiger charge is -2.12. The summed E-state index contributed by atoms with van der Waals surface area (Å²) < 4.78 is 5.61. The molecule has 2 aromatic rings. The van der Waals surface area contributed by atoms with Crippen molar-refractivity contribution in [3.63, 3.8) is 0 Å². The average Bonchev–Trinajstić information content (AvgIpc) is 2.54. The van der Waals surface area contributed by atoms with Crippen LogP contribution in [0.15, 0.2) is 41.5 Å². The minimum absolute atomic E-state index is 0.0186. The molecule has 2 aromatic carbocycles. The Balaban J connectivity index is 2.04. The summed E-state index contributed by atoms with van der Waals surface area (Å²) in [7, 11) is 0. The van der Waals surface area contributed by atoms with Gasteiger partial charge in [0.15, 0.2) is 5.75 Å². The van der Waals surface area contributed by atoms with Crippen LogP contribution in [0.5, 0.6) is 5.75 Å². The number of nitrogens with one attached hydrogen (secondary N) is 1. The molecule has 0 spiro atoms. The Hall–Kier alpha value is -2.31. The zero-order valence-corrected chi connectivity index (χ0v) is 15.2. The molecule has 0 amide bonds. The molecule has 0 heterocycles. The van der Waals surface area contributed by atoms with E-state index in [0.717, 1.165) is 0 Å². The fourth-order valence-corrected chi connectivity index (χ4v) is 2.49. The highest BCUT2D eigenvalue weighted by Crippen LogP contribution is 2.34. The lowest BCUT2D eigenvalue weighted by molar-refractivity contribution is -0.384. The number of rotatable bonds is 7. The molecule has 0 bridgehead atoms. The Morgan fingerprint density at radius 2 is 1.84 bits per heavy atom. The first-order valence-corrected chi connectivity index (χ1v) is 8.27. The third-order valence-corrected chi connectivity index (χ3v) is 3.63. The second-order valence-electron chi connectivity index (χ2n) is 5.69. The lowest BCUT2D eigenvalue weighted by Crippen LogP contribution is -2.05. The molecule has 8 heteroatoms. The second-order valence-corrected chi connectivity index (χ2v) is 6.51. The Morgan fingerprint density at radius 1 is 1.24 bits per heavy atom. The molecule has 0 atom stereocenters. The van der Waals surface area contributed by atoms with Crippen molar-refractivity contribution in [1.82, 2.24) is 0 Å². The minimum Gasteiger partial charge on any atom is -0.490 e. The van der Waals surface area contributed by atoms with Gasteiger partial charge in [-0.05, 0) is 35.7 Å². The Kier molecular flexibility index (Phi) is 6.61. The van der Waals surface area contributed by atoms with Gasteiger partial charge in [-0.25, -0.2) is 0 Å². The number of anilines is 1. The molecular formula is C17H17Cl2N3O3. The predicted molar refractivity (Wildman–Crippen MR) is 101 cm³/mol. The van der Waals surface area contributed by atoms with Crippen molar-refractivity contribution in [1.29, 1.82) is 0 Å². The molecule has 0 aliphatic heterocycles. The van der Waals surface area contributed by atoms with Gasteiger partial charge in [0.25, 0.3) is 5.69 Å². The molecule has 0 saturated heterocycles. The summed E-state index contributed by atoms with van der Waals surface area (Å²) in [5.41, 5.74) is 4.12. The molecule has 0 aliphatic carbocycles. The van der Waals surface area contributed by atoms with Crippen molar-refractivity contribution in [3.8, 4) is 5.75 Å². The maximum absolute atomic E-state index is 10.6. The van der Waals surface area contributed by atoms with Crippen molar-refractivity contribution in [2.75, 3.05) is 12.0 Å². The van der Waals surface area contributed by atoms with Crippen molar-refractivity contribution in [2.45, 2.75) is 13.8 Å². The van der Waals surface area contributed by atoms with E-state index in [-0.39, 0.29) is 5.69 Å². The van der Waals surface area contributed by atoms with Crippen LogP contribution in [0, 0.1) is 16.0 Å². The first-order chi connectivity index (χ1) is 11.9. The number of hydrogen-bond donors (Lipinski definition) is 1. The summed E-state index contributed by atoms with van der Waals surface area (Å²) in [4.78, 5) is 10.1. The molecule has 6 nitrogen and oxygen atoms in total. The molecule has 1 N–H and O–H groups in total. The molecule has 2 rings (SSSR count). The maximum atomic E-state index is 10.6. The molecule has 0 aliphatic rings. The van der Waals surface area contributed by atoms with Crippen LogP contribution in [-0.2, 0) is 0 Å². The molecule has 0 unspecified atom stereocenters. The second kappa shape index (κ2) is 8.69. The fourth-order valence-electron chi connectivity index (χ4n) is 1.88. The minimum atomic E-state index is -0.458. The van der Waals surface area contributed by atoms with E-state index in [1.807, 2.05) is 13.8 Å². The SMILES string of the molecule is CC(C)COc1c(Cl)cc(/C=N/Nc2ccc([N+](=O)[O-])cc2)cc1Cl. The lowest BCUT2D eigenvalue weighted by atomic mass is 10.2. The van der Waals surface area contributed by atoms with Crippen molar-refractivity contribution < 1.29 is 9.66 Å². The van der Waals surface area contributed by atoms with Gasteiger partial charge >= 0.3 is 0 Å². The van der Waals surface area contributed by atoms with Crippen LogP contribution >= 0.6 is 23.2 Å². The van der Waals surface area contributed by atoms with Crippen LogP contribution in [-0.4, -0.2) is 17.7 Å². The molecular weight excluding hydrogens is 365 g/mol. The third kappa shape index (κ3) is 5.62. The number of hydrazone groups is 1. The summed E-state index contributed by atoms with van der Waals surface area (Å²) in [6.45, 7) is 4.59. The molecule has 25 heavy (non-hydrogen) atoms. The number of benzene rings is 2. The van der Waals surface area contributed by atoms with Crippen molar-refractivity contribution >= 4 is 40.8 Å². The standard InChI is InChI=1S/C17H17Cl2N3O3/c1-11(2)10-25-17-15(18)7-12(8-16(17)19)9-20-21-13-3-5-14(6-4-13)22(23)24/h3-9,11,21H,10H2,1-2H3/b20-9+. The summed E-state index contributed by atoms with van der Waals surface area (Å²) in [6, 6.07) is 9.32. The number of nitro groups is 1. The zero-order chi connectivity index (χ0) is 18.4. The van der Waals surface area contributed by atoms with E-state index in [1.54, 1.807) is 30.5 Å². The van der Waals surface area contributed by atoms with E-state index in [9.17, 15) is 10.1 Å². The average molecular weight is 382 g/mol.